The standard InChI is InChI=1S/C24H20F3N3O2/c25-24(26,27)16-32-21-13-7-5-11-19(21)29-23(31)15-14-22-28-18-10-4-6-12-20(18)30(22)17-8-2-1-3-9-17/h1-13H,14-16H2,(H,29,31). The summed E-state index contributed by atoms with van der Waals surface area (Å²) in [6, 6.07) is 23.5. The molecule has 0 fully saturated rings. The highest BCUT2D eigenvalue weighted by molar-refractivity contribution is 5.92. The van der Waals surface area contributed by atoms with Gasteiger partial charge in [-0.1, -0.05) is 42.5 Å². The molecule has 0 aliphatic rings. The van der Waals surface area contributed by atoms with Gasteiger partial charge in [0, 0.05) is 18.5 Å². The minimum atomic E-state index is -4.46. The summed E-state index contributed by atoms with van der Waals surface area (Å²) in [5.41, 5.74) is 2.87. The first-order valence-electron chi connectivity index (χ1n) is 10.0. The lowest BCUT2D eigenvalue weighted by molar-refractivity contribution is -0.153. The van der Waals surface area contributed by atoms with Gasteiger partial charge in [0.05, 0.1) is 16.7 Å². The number of fused-ring (bicyclic) bond motifs is 1. The molecule has 0 bridgehead atoms. The number of ether oxygens (including phenoxy) is 1. The zero-order chi connectivity index (χ0) is 22.6. The number of para-hydroxylation sites is 5. The Balaban J connectivity index is 1.50. The Morgan fingerprint density at radius 1 is 0.938 bits per heavy atom. The summed E-state index contributed by atoms with van der Waals surface area (Å²) in [7, 11) is 0. The summed E-state index contributed by atoms with van der Waals surface area (Å²) in [5.74, 6) is 0.337. The van der Waals surface area contributed by atoms with Crippen LogP contribution >= 0.6 is 0 Å². The lowest BCUT2D eigenvalue weighted by atomic mass is 10.2. The fraction of sp³-hybridized carbons (Fsp3) is 0.167. The number of halogens is 3. The van der Waals surface area contributed by atoms with Crippen molar-refractivity contribution in [3.05, 3.63) is 84.7 Å². The molecule has 0 aliphatic carbocycles. The van der Waals surface area contributed by atoms with Gasteiger partial charge in [-0.3, -0.25) is 9.36 Å². The maximum Gasteiger partial charge on any atom is 0.422 e. The number of carbonyl (C=O) groups excluding carboxylic acids is 1. The molecule has 0 saturated heterocycles. The van der Waals surface area contributed by atoms with Gasteiger partial charge in [-0.25, -0.2) is 4.98 Å². The first-order chi connectivity index (χ1) is 15.4. The number of carbonyl (C=O) groups is 1. The third kappa shape index (κ3) is 5.08. The summed E-state index contributed by atoms with van der Waals surface area (Å²) in [6.07, 6.45) is -4.02. The minimum Gasteiger partial charge on any atom is -0.482 e. The van der Waals surface area contributed by atoms with E-state index in [0.29, 0.717) is 12.2 Å². The Bertz CT molecular complexity index is 1220. The zero-order valence-corrected chi connectivity index (χ0v) is 17.0. The molecule has 1 aromatic heterocycles. The van der Waals surface area contributed by atoms with E-state index in [-0.39, 0.29) is 23.8 Å². The van der Waals surface area contributed by atoms with Gasteiger partial charge in [-0.2, -0.15) is 13.2 Å². The van der Waals surface area contributed by atoms with Gasteiger partial charge in [-0.15, -0.1) is 0 Å². The monoisotopic (exact) mass is 439 g/mol. The van der Waals surface area contributed by atoms with Crippen LogP contribution in [0.25, 0.3) is 16.7 Å². The van der Waals surface area contributed by atoms with Crippen LogP contribution in [0.15, 0.2) is 78.9 Å². The normalized spacial score (nSPS) is 11.5. The number of rotatable bonds is 7. The second kappa shape index (κ2) is 9.13. The van der Waals surface area contributed by atoms with Crippen LogP contribution in [0.3, 0.4) is 0 Å². The van der Waals surface area contributed by atoms with Crippen molar-refractivity contribution in [3.8, 4) is 11.4 Å². The number of alkyl halides is 3. The molecule has 0 atom stereocenters. The van der Waals surface area contributed by atoms with Crippen molar-refractivity contribution in [3.63, 3.8) is 0 Å². The molecule has 4 aromatic rings. The quantitative estimate of drug-likeness (QED) is 0.412. The lowest BCUT2D eigenvalue weighted by Gasteiger charge is -2.14. The van der Waals surface area contributed by atoms with Crippen LogP contribution in [0.4, 0.5) is 18.9 Å². The predicted molar refractivity (Wildman–Crippen MR) is 116 cm³/mol. The van der Waals surface area contributed by atoms with E-state index in [1.54, 1.807) is 12.1 Å². The smallest absolute Gasteiger partial charge is 0.422 e. The predicted octanol–water partition coefficient (Wildman–Crippen LogP) is 5.54. The van der Waals surface area contributed by atoms with Crippen molar-refractivity contribution in [1.29, 1.82) is 0 Å². The molecular formula is C24H20F3N3O2. The summed E-state index contributed by atoms with van der Waals surface area (Å²) < 4.78 is 44.3. The molecule has 0 radical (unpaired) electrons. The van der Waals surface area contributed by atoms with E-state index in [1.807, 2.05) is 59.2 Å². The lowest BCUT2D eigenvalue weighted by Crippen LogP contribution is -2.20. The Labute approximate surface area is 182 Å². The molecule has 5 nitrogen and oxygen atoms in total. The number of hydrogen-bond acceptors (Lipinski definition) is 3. The fourth-order valence-corrected chi connectivity index (χ4v) is 3.40. The van der Waals surface area contributed by atoms with Crippen LogP contribution in [-0.4, -0.2) is 28.2 Å². The van der Waals surface area contributed by atoms with Crippen LogP contribution < -0.4 is 10.1 Å². The number of amides is 1. The van der Waals surface area contributed by atoms with Crippen molar-refractivity contribution in [2.75, 3.05) is 11.9 Å². The van der Waals surface area contributed by atoms with E-state index < -0.39 is 12.8 Å². The highest BCUT2D eigenvalue weighted by Gasteiger charge is 2.29. The van der Waals surface area contributed by atoms with Crippen LogP contribution in [0.2, 0.25) is 0 Å². The van der Waals surface area contributed by atoms with Gasteiger partial charge in [-0.05, 0) is 36.4 Å². The average Bonchev–Trinajstić information content (AvgIpc) is 3.15. The number of aromatic nitrogens is 2. The van der Waals surface area contributed by atoms with Crippen molar-refractivity contribution >= 4 is 22.6 Å². The molecule has 1 N–H and O–H groups in total. The second-order valence-corrected chi connectivity index (χ2v) is 7.14. The van der Waals surface area contributed by atoms with Gasteiger partial charge >= 0.3 is 6.18 Å². The molecule has 4 rings (SSSR count). The Morgan fingerprint density at radius 3 is 2.41 bits per heavy atom. The van der Waals surface area contributed by atoms with Crippen LogP contribution in [0.5, 0.6) is 5.75 Å². The van der Waals surface area contributed by atoms with Gasteiger partial charge in [0.25, 0.3) is 0 Å². The molecule has 8 heteroatoms. The molecule has 0 aliphatic heterocycles. The number of imidazole rings is 1. The molecule has 0 saturated carbocycles. The van der Waals surface area contributed by atoms with E-state index in [0.717, 1.165) is 16.7 Å². The van der Waals surface area contributed by atoms with Gasteiger partial charge in [0.1, 0.15) is 11.6 Å². The highest BCUT2D eigenvalue weighted by Crippen LogP contribution is 2.27. The number of anilines is 1. The summed E-state index contributed by atoms with van der Waals surface area (Å²) >= 11 is 0. The Kier molecular flexibility index (Phi) is 6.11. The number of benzene rings is 3. The zero-order valence-electron chi connectivity index (χ0n) is 17.0. The number of nitrogens with zero attached hydrogens (tertiary/aromatic N) is 2. The van der Waals surface area contributed by atoms with Gasteiger partial charge in [0.2, 0.25) is 5.91 Å². The topological polar surface area (TPSA) is 56.2 Å². The summed E-state index contributed by atoms with van der Waals surface area (Å²) in [4.78, 5) is 17.3. The van der Waals surface area contributed by atoms with E-state index in [2.05, 4.69) is 10.3 Å². The maximum atomic E-state index is 12.6. The largest absolute Gasteiger partial charge is 0.482 e. The van der Waals surface area contributed by atoms with Crippen molar-refractivity contribution in [2.45, 2.75) is 19.0 Å². The van der Waals surface area contributed by atoms with Gasteiger partial charge < -0.3 is 10.1 Å². The molecule has 1 heterocycles. The van der Waals surface area contributed by atoms with Gasteiger partial charge in [0.15, 0.2) is 6.61 Å². The Hall–Kier alpha value is -3.81. The first kappa shape index (κ1) is 21.4. The summed E-state index contributed by atoms with van der Waals surface area (Å²) in [6.45, 7) is -1.43. The van der Waals surface area contributed by atoms with E-state index in [1.165, 1.54) is 12.1 Å². The molecule has 1 amide bonds. The summed E-state index contributed by atoms with van der Waals surface area (Å²) in [5, 5.41) is 2.64. The minimum absolute atomic E-state index is 0.0327. The average molecular weight is 439 g/mol. The first-order valence-corrected chi connectivity index (χ1v) is 10.0. The number of hydrogen-bond donors (Lipinski definition) is 1. The van der Waals surface area contributed by atoms with Crippen molar-refractivity contribution < 1.29 is 22.7 Å². The highest BCUT2D eigenvalue weighted by atomic mass is 19.4. The van der Waals surface area contributed by atoms with Crippen molar-refractivity contribution in [1.82, 2.24) is 9.55 Å². The van der Waals surface area contributed by atoms with E-state index in [9.17, 15) is 18.0 Å². The fourth-order valence-electron chi connectivity index (χ4n) is 3.40. The number of aryl methyl sites for hydroxylation is 1. The molecular weight excluding hydrogens is 419 g/mol. The second-order valence-electron chi connectivity index (χ2n) is 7.14. The van der Waals surface area contributed by atoms with Crippen LogP contribution in [0.1, 0.15) is 12.2 Å². The Morgan fingerprint density at radius 2 is 1.62 bits per heavy atom. The SMILES string of the molecule is O=C(CCc1nc2ccccc2n1-c1ccccc1)Nc1ccccc1OCC(F)(F)F. The van der Waals surface area contributed by atoms with Crippen LogP contribution in [0, 0.1) is 0 Å². The molecule has 0 spiro atoms. The number of nitrogens with one attached hydrogen (secondary N) is 1. The molecule has 0 unspecified atom stereocenters. The molecule has 32 heavy (non-hydrogen) atoms. The van der Waals surface area contributed by atoms with Crippen molar-refractivity contribution in [2.24, 2.45) is 0 Å². The molecule has 164 valence electrons. The van der Waals surface area contributed by atoms with E-state index in [4.69, 9.17) is 4.74 Å². The molecule has 3 aromatic carbocycles. The van der Waals surface area contributed by atoms with E-state index >= 15 is 0 Å². The maximum absolute atomic E-state index is 12.6. The van der Waals surface area contributed by atoms with Crippen LogP contribution in [-0.2, 0) is 11.2 Å². The third-order valence-electron chi connectivity index (χ3n) is 4.77. The third-order valence-corrected chi connectivity index (χ3v) is 4.77.